The van der Waals surface area contributed by atoms with Crippen LogP contribution >= 0.6 is 28.3 Å². The zero-order valence-electron chi connectivity index (χ0n) is 8.02. The highest BCUT2D eigenvalue weighted by molar-refractivity contribution is 9.10. The van der Waals surface area contributed by atoms with Gasteiger partial charge in [-0.15, -0.1) is 12.4 Å². The summed E-state index contributed by atoms with van der Waals surface area (Å²) in [5, 5.41) is 8.52. The number of rotatable bonds is 4. The van der Waals surface area contributed by atoms with Crippen molar-refractivity contribution >= 4 is 34.3 Å². The van der Waals surface area contributed by atoms with Gasteiger partial charge >= 0.3 is 5.97 Å². The third-order valence-electron chi connectivity index (χ3n) is 1.85. The number of nitrogens with two attached hydrogens (primary N) is 1. The third-order valence-corrected chi connectivity index (χ3v) is 2.38. The highest BCUT2D eigenvalue weighted by Crippen LogP contribution is 2.12. The highest BCUT2D eigenvalue weighted by atomic mass is 79.9. The Hall–Kier alpha value is -0.580. The van der Waals surface area contributed by atoms with Gasteiger partial charge in [-0.05, 0) is 24.1 Å². The standard InChI is InChI=1S/C10H12BrNO2.ClH/c11-8-3-1-7(2-4-8)5-9(12)6-10(13)14;/h1-4,9H,5-6,12H2,(H,13,14);1H. The molecule has 15 heavy (non-hydrogen) atoms. The maximum absolute atomic E-state index is 10.4. The fourth-order valence-corrected chi connectivity index (χ4v) is 1.48. The summed E-state index contributed by atoms with van der Waals surface area (Å²) in [4.78, 5) is 10.4. The molecule has 0 aliphatic rings. The van der Waals surface area contributed by atoms with E-state index in [9.17, 15) is 4.79 Å². The molecule has 1 unspecified atom stereocenters. The Morgan fingerprint density at radius 3 is 2.40 bits per heavy atom. The molecule has 0 heterocycles. The predicted molar refractivity (Wildman–Crippen MR) is 65.3 cm³/mol. The molecule has 1 aromatic carbocycles. The van der Waals surface area contributed by atoms with E-state index < -0.39 is 5.97 Å². The number of hydrogen-bond donors (Lipinski definition) is 2. The molecule has 3 nitrogen and oxygen atoms in total. The molecule has 0 radical (unpaired) electrons. The third kappa shape index (κ3) is 5.77. The van der Waals surface area contributed by atoms with Gasteiger partial charge in [0, 0.05) is 10.5 Å². The molecular weight excluding hydrogens is 281 g/mol. The molecule has 3 N–H and O–H groups in total. The molecule has 84 valence electrons. The average Bonchev–Trinajstić information content (AvgIpc) is 2.07. The molecule has 0 aliphatic carbocycles. The molecule has 1 rings (SSSR count). The van der Waals surface area contributed by atoms with E-state index in [0.29, 0.717) is 6.42 Å². The quantitative estimate of drug-likeness (QED) is 0.895. The Bertz CT molecular complexity index is 316. The minimum absolute atomic E-state index is 0. The summed E-state index contributed by atoms with van der Waals surface area (Å²) in [6, 6.07) is 7.40. The first kappa shape index (κ1) is 14.4. The Balaban J connectivity index is 0.00000196. The maximum Gasteiger partial charge on any atom is 0.304 e. The van der Waals surface area contributed by atoms with Crippen molar-refractivity contribution in [2.75, 3.05) is 0 Å². The van der Waals surface area contributed by atoms with Crippen LogP contribution in [0.5, 0.6) is 0 Å². The average molecular weight is 295 g/mol. The Morgan fingerprint density at radius 2 is 1.93 bits per heavy atom. The lowest BCUT2D eigenvalue weighted by molar-refractivity contribution is -0.137. The first-order valence-corrected chi connectivity index (χ1v) is 5.09. The lowest BCUT2D eigenvalue weighted by Crippen LogP contribution is -2.26. The number of aliphatic carboxylic acids is 1. The summed E-state index contributed by atoms with van der Waals surface area (Å²) in [6.07, 6.45) is 0.607. The molecule has 0 amide bonds. The van der Waals surface area contributed by atoms with Crippen LogP contribution in [0.25, 0.3) is 0 Å². The summed E-state index contributed by atoms with van der Waals surface area (Å²) < 4.78 is 1.01. The van der Waals surface area contributed by atoms with Crippen molar-refractivity contribution in [3.05, 3.63) is 34.3 Å². The van der Waals surface area contributed by atoms with E-state index in [1.54, 1.807) is 0 Å². The lowest BCUT2D eigenvalue weighted by Gasteiger charge is -2.08. The second-order valence-electron chi connectivity index (χ2n) is 3.19. The van der Waals surface area contributed by atoms with Crippen LogP contribution in [0.2, 0.25) is 0 Å². The van der Waals surface area contributed by atoms with Crippen LogP contribution in [0.15, 0.2) is 28.7 Å². The fourth-order valence-electron chi connectivity index (χ4n) is 1.22. The molecule has 1 atom stereocenters. The van der Waals surface area contributed by atoms with Crippen molar-refractivity contribution in [1.29, 1.82) is 0 Å². The lowest BCUT2D eigenvalue weighted by atomic mass is 10.0. The SMILES string of the molecule is Cl.NC(CC(=O)O)Cc1ccc(Br)cc1. The number of carbonyl (C=O) groups is 1. The summed E-state index contributed by atoms with van der Waals surface area (Å²) >= 11 is 3.33. The Labute approximate surface area is 103 Å². The molecule has 5 heteroatoms. The second kappa shape index (κ2) is 6.82. The van der Waals surface area contributed by atoms with Crippen LogP contribution in [-0.4, -0.2) is 17.1 Å². The first-order valence-electron chi connectivity index (χ1n) is 4.30. The van der Waals surface area contributed by atoms with Crippen LogP contribution < -0.4 is 5.73 Å². The minimum atomic E-state index is -0.852. The predicted octanol–water partition coefficient (Wildman–Crippen LogP) is 2.22. The van der Waals surface area contributed by atoms with Crippen LogP contribution in [-0.2, 0) is 11.2 Å². The normalized spacial score (nSPS) is 11.6. The molecule has 0 saturated heterocycles. The van der Waals surface area contributed by atoms with Gasteiger partial charge in [0.2, 0.25) is 0 Å². The summed E-state index contributed by atoms with van der Waals surface area (Å²) in [5.41, 5.74) is 6.71. The van der Waals surface area contributed by atoms with Crippen LogP contribution in [0.3, 0.4) is 0 Å². The van der Waals surface area contributed by atoms with E-state index in [0.717, 1.165) is 10.0 Å². The van der Waals surface area contributed by atoms with Crippen molar-refractivity contribution in [3.8, 4) is 0 Å². The number of carboxylic acids is 1. The molecule has 0 aromatic heterocycles. The van der Waals surface area contributed by atoms with Gasteiger partial charge in [-0.1, -0.05) is 28.1 Å². The van der Waals surface area contributed by atoms with E-state index >= 15 is 0 Å². The van der Waals surface area contributed by atoms with Gasteiger partial charge in [-0.3, -0.25) is 4.79 Å². The molecule has 0 aliphatic heterocycles. The zero-order valence-corrected chi connectivity index (χ0v) is 10.4. The molecule has 1 aromatic rings. The monoisotopic (exact) mass is 293 g/mol. The van der Waals surface area contributed by atoms with Gasteiger partial charge in [0.15, 0.2) is 0 Å². The molecule has 0 fully saturated rings. The van der Waals surface area contributed by atoms with Crippen LogP contribution in [0.4, 0.5) is 0 Å². The zero-order chi connectivity index (χ0) is 10.6. The maximum atomic E-state index is 10.4. The van der Waals surface area contributed by atoms with Crippen molar-refractivity contribution in [1.82, 2.24) is 0 Å². The van der Waals surface area contributed by atoms with E-state index in [-0.39, 0.29) is 24.9 Å². The van der Waals surface area contributed by atoms with Crippen LogP contribution in [0.1, 0.15) is 12.0 Å². The fraction of sp³-hybridized carbons (Fsp3) is 0.300. The van der Waals surface area contributed by atoms with Gasteiger partial charge in [-0.25, -0.2) is 0 Å². The Kier molecular flexibility index (Phi) is 6.56. The largest absolute Gasteiger partial charge is 0.481 e. The van der Waals surface area contributed by atoms with Gasteiger partial charge in [-0.2, -0.15) is 0 Å². The van der Waals surface area contributed by atoms with E-state index in [2.05, 4.69) is 15.9 Å². The van der Waals surface area contributed by atoms with Crippen molar-refractivity contribution < 1.29 is 9.90 Å². The minimum Gasteiger partial charge on any atom is -0.481 e. The van der Waals surface area contributed by atoms with E-state index in [1.165, 1.54) is 0 Å². The van der Waals surface area contributed by atoms with Gasteiger partial charge in [0.1, 0.15) is 0 Å². The van der Waals surface area contributed by atoms with Gasteiger partial charge in [0.05, 0.1) is 6.42 Å². The number of benzene rings is 1. The summed E-state index contributed by atoms with van der Waals surface area (Å²) in [7, 11) is 0. The molecule has 0 saturated carbocycles. The second-order valence-corrected chi connectivity index (χ2v) is 4.10. The van der Waals surface area contributed by atoms with Gasteiger partial charge < -0.3 is 10.8 Å². The van der Waals surface area contributed by atoms with Crippen molar-refractivity contribution in [2.45, 2.75) is 18.9 Å². The Morgan fingerprint density at radius 1 is 1.40 bits per heavy atom. The smallest absolute Gasteiger partial charge is 0.304 e. The van der Waals surface area contributed by atoms with E-state index in [4.69, 9.17) is 10.8 Å². The molecule has 0 bridgehead atoms. The van der Waals surface area contributed by atoms with Crippen LogP contribution in [0, 0.1) is 0 Å². The number of halogens is 2. The first-order chi connectivity index (χ1) is 6.58. The van der Waals surface area contributed by atoms with Gasteiger partial charge in [0.25, 0.3) is 0 Å². The number of carboxylic acid groups (broad SMARTS) is 1. The summed E-state index contributed by atoms with van der Waals surface area (Å²) in [5.74, 6) is -0.852. The molecule has 0 spiro atoms. The van der Waals surface area contributed by atoms with Crippen molar-refractivity contribution in [2.24, 2.45) is 5.73 Å². The number of hydrogen-bond acceptors (Lipinski definition) is 2. The highest BCUT2D eigenvalue weighted by Gasteiger charge is 2.08. The van der Waals surface area contributed by atoms with E-state index in [1.807, 2.05) is 24.3 Å². The summed E-state index contributed by atoms with van der Waals surface area (Å²) in [6.45, 7) is 0. The molecular formula is C10H13BrClNO2. The topological polar surface area (TPSA) is 63.3 Å². The van der Waals surface area contributed by atoms with Crippen molar-refractivity contribution in [3.63, 3.8) is 0 Å².